The first-order valence-corrected chi connectivity index (χ1v) is 10.1. The van der Waals surface area contributed by atoms with E-state index in [0.29, 0.717) is 18.9 Å². The molecular formula is C17H24N4O3S. The Kier molecular flexibility index (Phi) is 5.21. The number of aryl methyl sites for hydroxylation is 1. The van der Waals surface area contributed by atoms with Crippen molar-refractivity contribution >= 4 is 26.9 Å². The third-order valence-electron chi connectivity index (χ3n) is 4.18. The Morgan fingerprint density at radius 1 is 1.16 bits per heavy atom. The molecule has 3 rings (SSSR count). The second-order valence-electron chi connectivity index (χ2n) is 6.46. The van der Waals surface area contributed by atoms with Crippen LogP contribution in [0.25, 0.3) is 11.0 Å². The van der Waals surface area contributed by atoms with E-state index in [4.69, 9.17) is 4.74 Å². The van der Waals surface area contributed by atoms with Gasteiger partial charge in [-0.2, -0.15) is 4.31 Å². The van der Waals surface area contributed by atoms with Crippen molar-refractivity contribution in [3.8, 4) is 0 Å². The minimum Gasteiger partial charge on any atom is -0.373 e. The van der Waals surface area contributed by atoms with Crippen LogP contribution in [0.15, 0.2) is 24.3 Å². The zero-order chi connectivity index (χ0) is 18.0. The molecule has 0 saturated carbocycles. The largest absolute Gasteiger partial charge is 0.373 e. The maximum absolute atomic E-state index is 12.6. The van der Waals surface area contributed by atoms with Gasteiger partial charge in [-0.25, -0.2) is 18.4 Å². The molecular weight excluding hydrogens is 340 g/mol. The first-order chi connectivity index (χ1) is 11.8. The van der Waals surface area contributed by atoms with E-state index >= 15 is 0 Å². The van der Waals surface area contributed by atoms with E-state index in [-0.39, 0.29) is 24.5 Å². The van der Waals surface area contributed by atoms with Gasteiger partial charge in [0.05, 0.1) is 34.7 Å². The number of anilines is 1. The third kappa shape index (κ3) is 4.26. The van der Waals surface area contributed by atoms with Crippen LogP contribution in [-0.2, 0) is 14.8 Å². The summed E-state index contributed by atoms with van der Waals surface area (Å²) in [4.78, 5) is 9.03. The van der Waals surface area contributed by atoms with Gasteiger partial charge in [-0.3, -0.25) is 0 Å². The molecule has 8 heteroatoms. The van der Waals surface area contributed by atoms with Gasteiger partial charge in [0.25, 0.3) is 0 Å². The van der Waals surface area contributed by atoms with Crippen LogP contribution in [0.5, 0.6) is 0 Å². The molecule has 136 valence electrons. The van der Waals surface area contributed by atoms with Crippen LogP contribution in [0.4, 0.5) is 5.82 Å². The lowest BCUT2D eigenvalue weighted by Crippen LogP contribution is -2.49. The van der Waals surface area contributed by atoms with E-state index in [9.17, 15) is 8.42 Å². The van der Waals surface area contributed by atoms with Crippen molar-refractivity contribution in [2.24, 2.45) is 0 Å². The Balaban J connectivity index is 1.65. The fraction of sp³-hybridized carbons (Fsp3) is 0.529. The standard InChI is InChI=1S/C17H24N4O3S/c1-12-10-21(11-13(2)24-12)25(22,23)9-8-18-17-14(3)19-15-6-4-5-7-16(15)20-17/h4-7,12-13H,8-11H2,1-3H3,(H,18,20)/t12-,13+. The predicted octanol–water partition coefficient (Wildman–Crippen LogP) is 1.79. The number of ether oxygens (including phenoxy) is 1. The van der Waals surface area contributed by atoms with Crippen molar-refractivity contribution in [3.63, 3.8) is 0 Å². The van der Waals surface area contributed by atoms with Crippen LogP contribution >= 0.6 is 0 Å². The summed E-state index contributed by atoms with van der Waals surface area (Å²) in [5.74, 6) is 0.637. The van der Waals surface area contributed by atoms with E-state index in [2.05, 4.69) is 15.3 Å². The zero-order valence-electron chi connectivity index (χ0n) is 14.8. The maximum atomic E-state index is 12.6. The van der Waals surface area contributed by atoms with Gasteiger partial charge in [-0.1, -0.05) is 12.1 Å². The monoisotopic (exact) mass is 364 g/mol. The summed E-state index contributed by atoms with van der Waals surface area (Å²) in [5, 5.41) is 3.11. The van der Waals surface area contributed by atoms with Crippen LogP contribution in [0.3, 0.4) is 0 Å². The molecule has 1 aliphatic rings. The van der Waals surface area contributed by atoms with Gasteiger partial charge in [0.15, 0.2) is 0 Å². The molecule has 2 atom stereocenters. The molecule has 0 aliphatic carbocycles. The van der Waals surface area contributed by atoms with Crippen LogP contribution in [0.2, 0.25) is 0 Å². The summed E-state index contributed by atoms with van der Waals surface area (Å²) in [7, 11) is -3.33. The van der Waals surface area contributed by atoms with Gasteiger partial charge in [0.2, 0.25) is 10.0 Å². The molecule has 2 aromatic rings. The number of para-hydroxylation sites is 2. The number of nitrogens with zero attached hydrogens (tertiary/aromatic N) is 3. The molecule has 7 nitrogen and oxygen atoms in total. The lowest BCUT2D eigenvalue weighted by atomic mass is 10.3. The fourth-order valence-electron chi connectivity index (χ4n) is 3.04. The number of morpholine rings is 1. The summed E-state index contributed by atoms with van der Waals surface area (Å²) < 4.78 is 32.2. The highest BCUT2D eigenvalue weighted by Gasteiger charge is 2.30. The van der Waals surface area contributed by atoms with Crippen molar-refractivity contribution in [3.05, 3.63) is 30.0 Å². The number of hydrogen-bond acceptors (Lipinski definition) is 6. The first kappa shape index (κ1) is 18.0. The van der Waals surface area contributed by atoms with E-state index in [0.717, 1.165) is 16.7 Å². The molecule has 0 amide bonds. The first-order valence-electron chi connectivity index (χ1n) is 8.45. The van der Waals surface area contributed by atoms with Crippen LogP contribution < -0.4 is 5.32 Å². The number of rotatable bonds is 5. The Morgan fingerprint density at radius 3 is 2.40 bits per heavy atom. The Bertz CT molecular complexity index is 846. The van der Waals surface area contributed by atoms with Crippen molar-refractivity contribution in [1.82, 2.24) is 14.3 Å². The number of fused-ring (bicyclic) bond motifs is 1. The van der Waals surface area contributed by atoms with E-state index in [1.807, 2.05) is 45.0 Å². The van der Waals surface area contributed by atoms with Gasteiger partial charge >= 0.3 is 0 Å². The van der Waals surface area contributed by atoms with Gasteiger partial charge in [0, 0.05) is 19.6 Å². The topological polar surface area (TPSA) is 84.4 Å². The molecule has 0 spiro atoms. The van der Waals surface area contributed by atoms with E-state index in [1.54, 1.807) is 0 Å². The fourth-order valence-corrected chi connectivity index (χ4v) is 4.53. The summed E-state index contributed by atoms with van der Waals surface area (Å²) in [6.07, 6.45) is -0.167. The van der Waals surface area contributed by atoms with E-state index in [1.165, 1.54) is 4.31 Å². The molecule has 1 fully saturated rings. The second kappa shape index (κ2) is 7.23. The summed E-state index contributed by atoms with van der Waals surface area (Å²) in [5.41, 5.74) is 2.37. The number of hydrogen-bond donors (Lipinski definition) is 1. The second-order valence-corrected chi connectivity index (χ2v) is 8.55. The van der Waals surface area contributed by atoms with Crippen LogP contribution in [0, 0.1) is 6.92 Å². The maximum Gasteiger partial charge on any atom is 0.216 e. The summed E-state index contributed by atoms with van der Waals surface area (Å²) in [6, 6.07) is 7.62. The molecule has 0 radical (unpaired) electrons. The number of sulfonamides is 1. The molecule has 1 aromatic heterocycles. The third-order valence-corrected chi connectivity index (χ3v) is 5.98. The number of aromatic nitrogens is 2. The van der Waals surface area contributed by atoms with Crippen molar-refractivity contribution in [2.75, 3.05) is 30.7 Å². The minimum atomic E-state index is -3.33. The highest BCUT2D eigenvalue weighted by atomic mass is 32.2. The van der Waals surface area contributed by atoms with Gasteiger partial charge in [0.1, 0.15) is 5.82 Å². The average molecular weight is 364 g/mol. The predicted molar refractivity (Wildman–Crippen MR) is 98.1 cm³/mol. The SMILES string of the molecule is Cc1nc2ccccc2nc1NCCS(=O)(=O)N1C[C@@H](C)O[C@@H](C)C1. The Hall–Kier alpha value is -1.77. The van der Waals surface area contributed by atoms with Gasteiger partial charge in [-0.05, 0) is 32.9 Å². The molecule has 0 unspecified atom stereocenters. The van der Waals surface area contributed by atoms with Crippen molar-refractivity contribution in [2.45, 2.75) is 33.0 Å². The van der Waals surface area contributed by atoms with Crippen LogP contribution in [0.1, 0.15) is 19.5 Å². The smallest absolute Gasteiger partial charge is 0.216 e. The van der Waals surface area contributed by atoms with Gasteiger partial charge in [-0.15, -0.1) is 0 Å². The molecule has 1 saturated heterocycles. The van der Waals surface area contributed by atoms with Gasteiger partial charge < -0.3 is 10.1 Å². The molecule has 1 N–H and O–H groups in total. The Morgan fingerprint density at radius 2 is 1.76 bits per heavy atom. The van der Waals surface area contributed by atoms with Crippen molar-refractivity contribution in [1.29, 1.82) is 0 Å². The Labute approximate surface area is 148 Å². The van der Waals surface area contributed by atoms with E-state index < -0.39 is 10.0 Å². The minimum absolute atomic E-state index is 0.0143. The lowest BCUT2D eigenvalue weighted by Gasteiger charge is -2.34. The molecule has 1 aliphatic heterocycles. The molecule has 0 bridgehead atoms. The van der Waals surface area contributed by atoms with Crippen LogP contribution in [-0.4, -0.2) is 60.3 Å². The molecule has 2 heterocycles. The summed E-state index contributed by atoms with van der Waals surface area (Å²) in [6.45, 7) is 6.75. The molecule has 25 heavy (non-hydrogen) atoms. The average Bonchev–Trinajstić information content (AvgIpc) is 2.54. The summed E-state index contributed by atoms with van der Waals surface area (Å²) >= 11 is 0. The number of benzene rings is 1. The van der Waals surface area contributed by atoms with Crippen molar-refractivity contribution < 1.29 is 13.2 Å². The normalized spacial score (nSPS) is 22.2. The molecule has 1 aromatic carbocycles. The quantitative estimate of drug-likeness (QED) is 0.871. The lowest BCUT2D eigenvalue weighted by molar-refractivity contribution is -0.0440. The highest BCUT2D eigenvalue weighted by Crippen LogP contribution is 2.17. The zero-order valence-corrected chi connectivity index (χ0v) is 15.6. The highest BCUT2D eigenvalue weighted by molar-refractivity contribution is 7.89. The number of nitrogens with one attached hydrogen (secondary N) is 1.